The molecule has 0 amide bonds. The molecule has 0 radical (unpaired) electrons. The Hall–Kier alpha value is -1.34. The van der Waals surface area contributed by atoms with Gasteiger partial charge in [-0.15, -0.1) is 0 Å². The Morgan fingerprint density at radius 1 is 1.00 bits per heavy atom. The molecule has 1 atom stereocenters. The zero-order valence-corrected chi connectivity index (χ0v) is 17.9. The monoisotopic (exact) mass is 403 g/mol. The lowest BCUT2D eigenvalue weighted by molar-refractivity contribution is 0.0177. The first-order valence-corrected chi connectivity index (χ1v) is 11.4. The summed E-state index contributed by atoms with van der Waals surface area (Å²) in [6.07, 6.45) is 6.12. The fourth-order valence-corrected chi connectivity index (χ4v) is 4.86. The summed E-state index contributed by atoms with van der Waals surface area (Å²) < 4.78 is 11.5. The van der Waals surface area contributed by atoms with Gasteiger partial charge in [-0.05, 0) is 57.9 Å². The van der Waals surface area contributed by atoms with Crippen molar-refractivity contribution in [2.24, 2.45) is 0 Å². The van der Waals surface area contributed by atoms with E-state index in [1.807, 2.05) is 12.1 Å². The van der Waals surface area contributed by atoms with Crippen LogP contribution in [0.4, 0.5) is 0 Å². The minimum atomic E-state index is -0.459. The average molecular weight is 404 g/mol. The van der Waals surface area contributed by atoms with Crippen molar-refractivity contribution in [2.45, 2.75) is 50.8 Å². The number of nitrogens with zero attached hydrogens (tertiary/aromatic N) is 3. The summed E-state index contributed by atoms with van der Waals surface area (Å²) in [5.41, 5.74) is 1.18. The van der Waals surface area contributed by atoms with Crippen LogP contribution in [0.25, 0.3) is 0 Å². The van der Waals surface area contributed by atoms with Crippen LogP contribution in [0.3, 0.4) is 0 Å². The zero-order chi connectivity index (χ0) is 20.1. The van der Waals surface area contributed by atoms with Crippen molar-refractivity contribution in [3.63, 3.8) is 0 Å². The third-order valence-electron chi connectivity index (χ3n) is 6.61. The number of piperidine rings is 1. The third-order valence-corrected chi connectivity index (χ3v) is 6.61. The molecule has 4 rings (SSSR count). The quantitative estimate of drug-likeness (QED) is 0.682. The van der Waals surface area contributed by atoms with Crippen molar-refractivity contribution >= 4 is 0 Å². The Kier molecular flexibility index (Phi) is 7.29. The lowest BCUT2D eigenvalue weighted by atomic mass is 10.0. The van der Waals surface area contributed by atoms with E-state index in [1.165, 1.54) is 50.8 Å². The molecule has 3 heterocycles. The van der Waals surface area contributed by atoms with E-state index in [0.29, 0.717) is 13.2 Å². The van der Waals surface area contributed by atoms with E-state index >= 15 is 0 Å². The number of β-amino-alcohol motifs (C(OH)–C–C–N with tert-alkyl or cyclic N) is 1. The summed E-state index contributed by atoms with van der Waals surface area (Å²) >= 11 is 0. The van der Waals surface area contributed by atoms with Gasteiger partial charge in [0, 0.05) is 43.9 Å². The molecule has 29 heavy (non-hydrogen) atoms. The second-order valence-corrected chi connectivity index (χ2v) is 8.89. The summed E-state index contributed by atoms with van der Waals surface area (Å²) in [7, 11) is 1.68. The summed E-state index contributed by atoms with van der Waals surface area (Å²) in [5, 5.41) is 10.4. The SMILES string of the molecule is COc1ccc(CN2CC(N3CCCCC3)C2)c(OCC(O)CN2CCCC2)c1. The minimum Gasteiger partial charge on any atom is -0.497 e. The van der Waals surface area contributed by atoms with Crippen molar-refractivity contribution in [1.82, 2.24) is 14.7 Å². The summed E-state index contributed by atoms with van der Waals surface area (Å²) in [6.45, 7) is 8.92. The molecule has 3 saturated heterocycles. The Morgan fingerprint density at radius 3 is 2.45 bits per heavy atom. The van der Waals surface area contributed by atoms with Gasteiger partial charge >= 0.3 is 0 Å². The van der Waals surface area contributed by atoms with E-state index in [1.54, 1.807) is 7.11 Å². The standard InChI is InChI=1S/C23H37N3O3/c1-28-22-8-7-19(14-25-15-20(16-25)26-11-3-2-4-12-26)23(13-22)29-18-21(27)17-24-9-5-6-10-24/h7-8,13,20-21,27H,2-6,9-12,14-18H2,1H3. The molecule has 0 aliphatic carbocycles. The van der Waals surface area contributed by atoms with Gasteiger partial charge in [0.1, 0.15) is 24.2 Å². The summed E-state index contributed by atoms with van der Waals surface area (Å²) in [5.74, 6) is 1.64. The molecule has 0 spiro atoms. The highest BCUT2D eigenvalue weighted by atomic mass is 16.5. The van der Waals surface area contributed by atoms with Gasteiger partial charge in [0.05, 0.1) is 7.11 Å². The first-order valence-electron chi connectivity index (χ1n) is 11.4. The van der Waals surface area contributed by atoms with Crippen molar-refractivity contribution in [2.75, 3.05) is 59.5 Å². The summed E-state index contributed by atoms with van der Waals surface area (Å²) in [4.78, 5) is 7.48. The molecule has 0 saturated carbocycles. The van der Waals surface area contributed by atoms with Crippen molar-refractivity contribution in [1.29, 1.82) is 0 Å². The molecule has 162 valence electrons. The number of rotatable bonds is 9. The topological polar surface area (TPSA) is 48.4 Å². The van der Waals surface area contributed by atoms with Crippen molar-refractivity contribution in [3.05, 3.63) is 23.8 Å². The fourth-order valence-electron chi connectivity index (χ4n) is 4.86. The van der Waals surface area contributed by atoms with Gasteiger partial charge in [0.2, 0.25) is 0 Å². The predicted octanol–water partition coefficient (Wildman–Crippen LogP) is 2.20. The number of aliphatic hydroxyl groups excluding tert-OH is 1. The van der Waals surface area contributed by atoms with Crippen LogP contribution >= 0.6 is 0 Å². The number of methoxy groups -OCH3 is 1. The number of likely N-dealkylation sites (tertiary alicyclic amines) is 3. The maximum Gasteiger partial charge on any atom is 0.127 e. The van der Waals surface area contributed by atoms with E-state index < -0.39 is 6.10 Å². The van der Waals surface area contributed by atoms with Crippen LogP contribution in [0.15, 0.2) is 18.2 Å². The average Bonchev–Trinajstić information content (AvgIpc) is 3.23. The Morgan fingerprint density at radius 2 is 1.72 bits per heavy atom. The first kappa shape index (κ1) is 20.9. The Bertz CT molecular complexity index is 638. The van der Waals surface area contributed by atoms with Gasteiger partial charge in [-0.2, -0.15) is 0 Å². The first-order chi connectivity index (χ1) is 14.2. The van der Waals surface area contributed by atoms with E-state index in [-0.39, 0.29) is 0 Å². The highest BCUT2D eigenvalue weighted by molar-refractivity contribution is 5.41. The van der Waals surface area contributed by atoms with Crippen molar-refractivity contribution in [3.8, 4) is 11.5 Å². The number of ether oxygens (including phenoxy) is 2. The molecule has 1 unspecified atom stereocenters. The molecule has 3 aliphatic heterocycles. The van der Waals surface area contributed by atoms with Gasteiger partial charge in [-0.3, -0.25) is 9.80 Å². The number of aliphatic hydroxyl groups is 1. The van der Waals surface area contributed by atoms with Gasteiger partial charge in [-0.25, -0.2) is 0 Å². The van der Waals surface area contributed by atoms with E-state index in [2.05, 4.69) is 20.8 Å². The van der Waals surface area contributed by atoms with Crippen LogP contribution < -0.4 is 9.47 Å². The Balaban J connectivity index is 1.29. The van der Waals surface area contributed by atoms with E-state index in [9.17, 15) is 5.11 Å². The van der Waals surface area contributed by atoms with E-state index in [0.717, 1.165) is 50.3 Å². The third kappa shape index (κ3) is 5.63. The molecular formula is C23H37N3O3. The van der Waals surface area contributed by atoms with Crippen molar-refractivity contribution < 1.29 is 14.6 Å². The maximum absolute atomic E-state index is 10.4. The van der Waals surface area contributed by atoms with Crippen LogP contribution in [0.2, 0.25) is 0 Å². The van der Waals surface area contributed by atoms with Crippen LogP contribution in [0.5, 0.6) is 11.5 Å². The smallest absolute Gasteiger partial charge is 0.127 e. The zero-order valence-electron chi connectivity index (χ0n) is 17.9. The molecule has 6 heteroatoms. The van der Waals surface area contributed by atoms with Gasteiger partial charge in [0.15, 0.2) is 0 Å². The van der Waals surface area contributed by atoms with Gasteiger partial charge in [0.25, 0.3) is 0 Å². The lowest BCUT2D eigenvalue weighted by Crippen LogP contribution is -2.59. The van der Waals surface area contributed by atoms with Gasteiger partial charge in [-0.1, -0.05) is 12.5 Å². The molecule has 6 nitrogen and oxygen atoms in total. The summed E-state index contributed by atoms with van der Waals surface area (Å²) in [6, 6.07) is 6.79. The number of benzene rings is 1. The van der Waals surface area contributed by atoms with Gasteiger partial charge < -0.3 is 19.5 Å². The maximum atomic E-state index is 10.4. The molecular weight excluding hydrogens is 366 g/mol. The second-order valence-electron chi connectivity index (χ2n) is 8.89. The lowest BCUT2D eigenvalue weighted by Gasteiger charge is -2.47. The normalized spacial score (nSPS) is 23.1. The van der Waals surface area contributed by atoms with Crippen LogP contribution in [0.1, 0.15) is 37.7 Å². The fraction of sp³-hybridized carbons (Fsp3) is 0.739. The van der Waals surface area contributed by atoms with Crippen LogP contribution in [-0.4, -0.2) is 91.5 Å². The minimum absolute atomic E-state index is 0.326. The molecule has 3 aliphatic rings. The molecule has 1 aromatic carbocycles. The number of hydrogen-bond acceptors (Lipinski definition) is 6. The predicted molar refractivity (Wildman–Crippen MR) is 115 cm³/mol. The molecule has 0 bridgehead atoms. The highest BCUT2D eigenvalue weighted by Gasteiger charge is 2.32. The molecule has 1 aromatic rings. The second kappa shape index (κ2) is 10.1. The van der Waals surface area contributed by atoms with Crippen LogP contribution in [0, 0.1) is 0 Å². The molecule has 0 aromatic heterocycles. The highest BCUT2D eigenvalue weighted by Crippen LogP contribution is 2.29. The Labute approximate surface area is 175 Å². The van der Waals surface area contributed by atoms with E-state index in [4.69, 9.17) is 9.47 Å². The molecule has 3 fully saturated rings. The largest absolute Gasteiger partial charge is 0.497 e. The van der Waals surface area contributed by atoms with Crippen LogP contribution in [-0.2, 0) is 6.54 Å². The number of hydrogen-bond donors (Lipinski definition) is 1. The molecule has 1 N–H and O–H groups in total.